The summed E-state index contributed by atoms with van der Waals surface area (Å²) in [5, 5.41) is 19.5. The van der Waals surface area contributed by atoms with E-state index in [9.17, 15) is 29.1 Å². The molecule has 2 heterocycles. The monoisotopic (exact) mass is 676 g/mol. The van der Waals surface area contributed by atoms with Crippen molar-refractivity contribution in [2.45, 2.75) is 34.9 Å². The van der Waals surface area contributed by atoms with Crippen molar-refractivity contribution in [3.05, 3.63) is 32.9 Å². The summed E-state index contributed by atoms with van der Waals surface area (Å²) in [7, 11) is 2.67. The molecule has 38 heavy (non-hydrogen) atoms. The zero-order valence-electron chi connectivity index (χ0n) is 20.2. The number of phenolic OH excluding ortho intramolecular Hbond substituents is 1. The number of aromatic hydroxyl groups is 1. The topological polar surface area (TPSA) is 142 Å². The average Bonchev–Trinajstić information content (AvgIpc) is 3.19. The molecule has 0 aromatic heterocycles. The lowest BCUT2D eigenvalue weighted by Crippen LogP contribution is -2.60. The standard InChI is InChI=1S/C25H23Cl2IN2O8/c1-29-22(36)24(26)9-13-11(3-4-12-17(13)21(35)30(20(12)34)6-5-16(31)32)18(25(24,27)23(29)37)10-7-14(28)19(33)15(8-10)38-2/h3,7-8,12-13,17-18,33H,4-6,9H2,1-2H3,(H,31,32)/t12-,13+,17-,18-,24+,25-/m0/s1. The third kappa shape index (κ3) is 3.46. The SMILES string of the molecule is COc1cc([C@H]2C3=CC[C@@H]4C(=O)N(CCC(=O)O)C(=O)[C@@H]4[C@@H]3C[C@@]3(Cl)C(=O)N(C)C(=O)[C@@]23Cl)cc(I)c1O. The van der Waals surface area contributed by atoms with E-state index in [4.69, 9.17) is 33.0 Å². The van der Waals surface area contributed by atoms with E-state index < -0.39 is 69.4 Å². The van der Waals surface area contributed by atoms with Gasteiger partial charge in [0.25, 0.3) is 11.8 Å². The zero-order valence-corrected chi connectivity index (χ0v) is 23.9. The molecule has 0 radical (unpaired) electrons. The fraction of sp³-hybridized carbons (Fsp3) is 0.480. The molecule has 4 amide bonds. The number of rotatable bonds is 5. The van der Waals surface area contributed by atoms with E-state index in [0.717, 1.165) is 9.80 Å². The summed E-state index contributed by atoms with van der Waals surface area (Å²) < 4.78 is 5.73. The van der Waals surface area contributed by atoms with Crippen LogP contribution in [-0.2, 0) is 24.0 Å². The maximum atomic E-state index is 13.6. The van der Waals surface area contributed by atoms with Crippen molar-refractivity contribution in [1.29, 1.82) is 0 Å². The number of amides is 4. The van der Waals surface area contributed by atoms with Gasteiger partial charge in [0.1, 0.15) is 0 Å². The molecule has 0 unspecified atom stereocenters. The summed E-state index contributed by atoms with van der Waals surface area (Å²) in [5.41, 5.74) is 1.05. The molecule has 5 rings (SSSR count). The maximum absolute atomic E-state index is 13.6. The second kappa shape index (κ2) is 9.09. The number of fused-ring (bicyclic) bond motifs is 4. The number of carboxylic acids is 1. The first-order valence-electron chi connectivity index (χ1n) is 11.8. The minimum atomic E-state index is -1.95. The third-order valence-electron chi connectivity index (χ3n) is 8.26. The van der Waals surface area contributed by atoms with Crippen LogP contribution in [0.4, 0.5) is 0 Å². The highest BCUT2D eigenvalue weighted by Crippen LogP contribution is 2.65. The minimum absolute atomic E-state index is 0.112. The first kappa shape index (κ1) is 27.2. The molecule has 1 aromatic carbocycles. The Balaban J connectivity index is 1.69. The number of aliphatic carboxylic acids is 1. The number of ether oxygens (including phenoxy) is 1. The molecule has 4 aliphatic rings. The van der Waals surface area contributed by atoms with Crippen molar-refractivity contribution in [3.8, 4) is 11.5 Å². The van der Waals surface area contributed by atoms with E-state index in [1.54, 1.807) is 12.1 Å². The average molecular weight is 677 g/mol. The molecule has 0 bridgehead atoms. The summed E-state index contributed by atoms with van der Waals surface area (Å²) >= 11 is 16.1. The number of carbonyl (C=O) groups is 5. The van der Waals surface area contributed by atoms with Gasteiger partial charge in [-0.1, -0.05) is 11.6 Å². The highest BCUT2D eigenvalue weighted by atomic mass is 127. The molecule has 0 spiro atoms. The van der Waals surface area contributed by atoms with Gasteiger partial charge in [0.2, 0.25) is 11.8 Å². The fourth-order valence-corrected chi connectivity index (χ4v) is 8.17. The van der Waals surface area contributed by atoms with Gasteiger partial charge in [-0.15, -0.1) is 23.2 Å². The van der Waals surface area contributed by atoms with E-state index in [-0.39, 0.29) is 30.9 Å². The molecule has 2 aliphatic heterocycles. The van der Waals surface area contributed by atoms with E-state index in [1.807, 2.05) is 22.6 Å². The van der Waals surface area contributed by atoms with Gasteiger partial charge in [-0.2, -0.15) is 0 Å². The number of imide groups is 2. The number of halogens is 3. The van der Waals surface area contributed by atoms with Gasteiger partial charge in [0, 0.05) is 19.5 Å². The second-order valence-electron chi connectivity index (χ2n) is 10.0. The van der Waals surface area contributed by atoms with E-state index >= 15 is 0 Å². The van der Waals surface area contributed by atoms with Gasteiger partial charge in [-0.05, 0) is 59.0 Å². The summed E-state index contributed by atoms with van der Waals surface area (Å²) in [4.78, 5) is 62.8. The van der Waals surface area contributed by atoms with Crippen LogP contribution in [0.25, 0.3) is 0 Å². The van der Waals surface area contributed by atoms with Crippen molar-refractivity contribution in [2.24, 2.45) is 17.8 Å². The zero-order chi connectivity index (χ0) is 27.9. The number of hydrogen-bond donors (Lipinski definition) is 2. The lowest BCUT2D eigenvalue weighted by atomic mass is 9.56. The van der Waals surface area contributed by atoms with Gasteiger partial charge >= 0.3 is 5.97 Å². The molecule has 1 saturated carbocycles. The number of phenols is 1. The summed E-state index contributed by atoms with van der Waals surface area (Å²) in [6.07, 6.45) is 1.41. The van der Waals surface area contributed by atoms with Crippen molar-refractivity contribution in [1.82, 2.24) is 9.80 Å². The minimum Gasteiger partial charge on any atom is -0.504 e. The molecule has 202 valence electrons. The molecule has 2 saturated heterocycles. The molecule has 2 N–H and O–H groups in total. The number of hydrogen-bond acceptors (Lipinski definition) is 7. The molecular formula is C25H23Cl2IN2O8. The number of methoxy groups -OCH3 is 1. The molecular weight excluding hydrogens is 654 g/mol. The number of likely N-dealkylation sites (tertiary alicyclic amines) is 2. The van der Waals surface area contributed by atoms with Gasteiger partial charge in [-0.25, -0.2) is 0 Å². The van der Waals surface area contributed by atoms with Crippen LogP contribution in [0.1, 0.15) is 30.7 Å². The normalized spacial score (nSPS) is 34.2. The second-order valence-corrected chi connectivity index (χ2v) is 12.4. The predicted octanol–water partition coefficient (Wildman–Crippen LogP) is 2.47. The quantitative estimate of drug-likeness (QED) is 0.210. The summed E-state index contributed by atoms with van der Waals surface area (Å²) in [6, 6.07) is 3.15. The Hall–Kier alpha value is -2.38. The van der Waals surface area contributed by atoms with Crippen LogP contribution in [0.3, 0.4) is 0 Å². The molecule has 2 aliphatic carbocycles. The largest absolute Gasteiger partial charge is 0.504 e. The number of allylic oxidation sites excluding steroid dienone is 2. The first-order valence-corrected chi connectivity index (χ1v) is 13.7. The lowest BCUT2D eigenvalue weighted by Gasteiger charge is -2.50. The van der Waals surface area contributed by atoms with Crippen molar-refractivity contribution >= 4 is 75.4 Å². The van der Waals surface area contributed by atoms with Crippen LogP contribution in [0.15, 0.2) is 23.8 Å². The molecule has 3 fully saturated rings. The van der Waals surface area contributed by atoms with E-state index in [1.165, 1.54) is 20.2 Å². The summed E-state index contributed by atoms with van der Waals surface area (Å²) in [5.74, 6) is -6.84. The van der Waals surface area contributed by atoms with E-state index in [0.29, 0.717) is 14.7 Å². The Morgan fingerprint density at radius 2 is 1.84 bits per heavy atom. The molecule has 1 aromatic rings. The number of alkyl halides is 2. The molecule has 6 atom stereocenters. The van der Waals surface area contributed by atoms with Gasteiger partial charge in [0.15, 0.2) is 21.2 Å². The third-order valence-corrected chi connectivity index (χ3v) is 10.5. The Kier molecular flexibility index (Phi) is 6.50. The smallest absolute Gasteiger partial charge is 0.305 e. The predicted molar refractivity (Wildman–Crippen MR) is 142 cm³/mol. The number of carbonyl (C=O) groups excluding carboxylic acids is 4. The highest BCUT2D eigenvalue weighted by molar-refractivity contribution is 14.1. The van der Waals surface area contributed by atoms with Gasteiger partial charge in [-0.3, -0.25) is 33.8 Å². The maximum Gasteiger partial charge on any atom is 0.305 e. The molecule has 13 heteroatoms. The number of benzene rings is 1. The first-order chi connectivity index (χ1) is 17.8. The van der Waals surface area contributed by atoms with Crippen LogP contribution in [0.5, 0.6) is 11.5 Å². The number of nitrogens with zero attached hydrogens (tertiary/aromatic N) is 2. The number of carboxylic acid groups (broad SMARTS) is 1. The van der Waals surface area contributed by atoms with Crippen molar-refractivity contribution in [2.75, 3.05) is 20.7 Å². The fourth-order valence-electron chi connectivity index (χ4n) is 6.53. The summed E-state index contributed by atoms with van der Waals surface area (Å²) in [6.45, 7) is -0.259. The van der Waals surface area contributed by atoms with Crippen molar-refractivity contribution < 1.29 is 38.9 Å². The Morgan fingerprint density at radius 1 is 1.16 bits per heavy atom. The van der Waals surface area contributed by atoms with Crippen LogP contribution >= 0.6 is 45.8 Å². The highest BCUT2D eigenvalue weighted by Gasteiger charge is 2.75. The van der Waals surface area contributed by atoms with Crippen LogP contribution in [-0.4, -0.2) is 80.1 Å². The van der Waals surface area contributed by atoms with Crippen LogP contribution in [0.2, 0.25) is 0 Å². The van der Waals surface area contributed by atoms with Crippen molar-refractivity contribution in [3.63, 3.8) is 0 Å². The van der Waals surface area contributed by atoms with E-state index in [2.05, 4.69) is 0 Å². The Bertz CT molecular complexity index is 1350. The van der Waals surface area contributed by atoms with Gasteiger partial charge in [0.05, 0.1) is 28.9 Å². The van der Waals surface area contributed by atoms with Crippen LogP contribution < -0.4 is 4.74 Å². The van der Waals surface area contributed by atoms with Gasteiger partial charge < -0.3 is 14.9 Å². The Labute approximate surface area is 241 Å². The lowest BCUT2D eigenvalue weighted by molar-refractivity contribution is -0.143. The Morgan fingerprint density at radius 3 is 2.47 bits per heavy atom. The molecule has 10 nitrogen and oxygen atoms in total. The van der Waals surface area contributed by atoms with Crippen LogP contribution in [0, 0.1) is 21.3 Å².